The van der Waals surface area contributed by atoms with Gasteiger partial charge in [0.05, 0.1) is 0 Å². The minimum atomic E-state index is 0.188. The van der Waals surface area contributed by atoms with Crippen molar-refractivity contribution in [3.05, 3.63) is 18.2 Å². The molecule has 0 bridgehead atoms. The molecule has 0 N–H and O–H groups in total. The van der Waals surface area contributed by atoms with E-state index < -0.39 is 0 Å². The van der Waals surface area contributed by atoms with Crippen molar-refractivity contribution in [1.82, 2.24) is 9.55 Å². The average Bonchev–Trinajstić information content (AvgIpc) is 2.51. The van der Waals surface area contributed by atoms with Crippen LogP contribution in [-0.2, 0) is 13.0 Å². The van der Waals surface area contributed by atoms with Crippen LogP contribution < -0.4 is 0 Å². The van der Waals surface area contributed by atoms with Crippen molar-refractivity contribution in [3.8, 4) is 0 Å². The molecule has 2 nitrogen and oxygen atoms in total. The standard InChI is InChI=1S/C10H17ClN2/c1-4-13-6-5-12-10(13)7-9(11)8(2)3/h5-6,8-9H,4,7H2,1-3H3. The van der Waals surface area contributed by atoms with Crippen LogP contribution in [0.25, 0.3) is 0 Å². The van der Waals surface area contributed by atoms with E-state index in [4.69, 9.17) is 11.6 Å². The molecule has 3 heteroatoms. The number of nitrogens with zero attached hydrogens (tertiary/aromatic N) is 2. The Morgan fingerprint density at radius 3 is 2.77 bits per heavy atom. The van der Waals surface area contributed by atoms with Crippen LogP contribution >= 0.6 is 11.6 Å². The highest BCUT2D eigenvalue weighted by molar-refractivity contribution is 6.20. The van der Waals surface area contributed by atoms with Crippen LogP contribution in [-0.4, -0.2) is 14.9 Å². The summed E-state index contributed by atoms with van der Waals surface area (Å²) in [6.45, 7) is 7.36. The zero-order chi connectivity index (χ0) is 9.84. The third-order valence-electron chi connectivity index (χ3n) is 2.24. The van der Waals surface area contributed by atoms with Gasteiger partial charge in [-0.05, 0) is 12.8 Å². The number of hydrogen-bond donors (Lipinski definition) is 0. The first-order valence-corrected chi connectivity index (χ1v) is 5.22. The summed E-state index contributed by atoms with van der Waals surface area (Å²) in [7, 11) is 0. The molecule has 13 heavy (non-hydrogen) atoms. The second-order valence-electron chi connectivity index (χ2n) is 3.59. The summed E-state index contributed by atoms with van der Waals surface area (Å²) in [6, 6.07) is 0. The molecule has 1 rings (SSSR count). The highest BCUT2D eigenvalue weighted by atomic mass is 35.5. The molecule has 0 fully saturated rings. The molecule has 0 saturated heterocycles. The fourth-order valence-corrected chi connectivity index (χ4v) is 1.37. The second-order valence-corrected chi connectivity index (χ2v) is 4.15. The van der Waals surface area contributed by atoms with Gasteiger partial charge in [0, 0.05) is 30.7 Å². The van der Waals surface area contributed by atoms with E-state index in [1.165, 1.54) is 0 Å². The Labute approximate surface area is 84.9 Å². The molecule has 0 aliphatic rings. The van der Waals surface area contributed by atoms with Gasteiger partial charge in [-0.1, -0.05) is 13.8 Å². The van der Waals surface area contributed by atoms with Gasteiger partial charge in [-0.25, -0.2) is 4.98 Å². The van der Waals surface area contributed by atoms with E-state index in [9.17, 15) is 0 Å². The number of imidazole rings is 1. The van der Waals surface area contributed by atoms with Crippen molar-refractivity contribution in [1.29, 1.82) is 0 Å². The number of hydrogen-bond acceptors (Lipinski definition) is 1. The van der Waals surface area contributed by atoms with Gasteiger partial charge in [0.2, 0.25) is 0 Å². The molecule has 1 aromatic heterocycles. The molecule has 74 valence electrons. The van der Waals surface area contributed by atoms with Gasteiger partial charge in [-0.2, -0.15) is 0 Å². The molecule has 0 aliphatic heterocycles. The van der Waals surface area contributed by atoms with E-state index in [0.717, 1.165) is 18.8 Å². The van der Waals surface area contributed by atoms with E-state index >= 15 is 0 Å². The van der Waals surface area contributed by atoms with Gasteiger partial charge in [0.1, 0.15) is 5.82 Å². The molecule has 1 aromatic rings. The molecule has 1 heterocycles. The molecular formula is C10H17ClN2. The minimum Gasteiger partial charge on any atom is -0.335 e. The highest BCUT2D eigenvalue weighted by Crippen LogP contribution is 2.14. The lowest BCUT2D eigenvalue weighted by Gasteiger charge is -2.13. The summed E-state index contributed by atoms with van der Waals surface area (Å²) >= 11 is 6.18. The fraction of sp³-hybridized carbons (Fsp3) is 0.700. The Bertz CT molecular complexity index is 255. The number of aromatic nitrogens is 2. The van der Waals surface area contributed by atoms with Gasteiger partial charge in [-0.3, -0.25) is 0 Å². The summed E-state index contributed by atoms with van der Waals surface area (Å²) in [5.74, 6) is 1.60. The smallest absolute Gasteiger partial charge is 0.110 e. The van der Waals surface area contributed by atoms with E-state index in [-0.39, 0.29) is 5.38 Å². The molecule has 0 amide bonds. The molecule has 0 saturated carbocycles. The lowest BCUT2D eigenvalue weighted by atomic mass is 10.1. The SMILES string of the molecule is CCn1ccnc1CC(Cl)C(C)C. The maximum Gasteiger partial charge on any atom is 0.110 e. The van der Waals surface area contributed by atoms with Crippen molar-refractivity contribution in [2.45, 2.75) is 39.1 Å². The van der Waals surface area contributed by atoms with Crippen LogP contribution in [0.4, 0.5) is 0 Å². The van der Waals surface area contributed by atoms with E-state index in [1.54, 1.807) is 0 Å². The quantitative estimate of drug-likeness (QED) is 0.684. The largest absolute Gasteiger partial charge is 0.335 e. The third kappa shape index (κ3) is 2.73. The summed E-state index contributed by atoms with van der Waals surface area (Å²) < 4.78 is 2.14. The van der Waals surface area contributed by atoms with Crippen LogP contribution in [0.5, 0.6) is 0 Å². The van der Waals surface area contributed by atoms with Crippen LogP contribution in [0.1, 0.15) is 26.6 Å². The maximum absolute atomic E-state index is 6.18. The monoisotopic (exact) mass is 200 g/mol. The predicted octanol–water partition coefficient (Wildman–Crippen LogP) is 2.71. The van der Waals surface area contributed by atoms with Gasteiger partial charge >= 0.3 is 0 Å². The molecule has 0 aromatic carbocycles. The number of halogens is 1. The van der Waals surface area contributed by atoms with Gasteiger partial charge < -0.3 is 4.57 Å². The summed E-state index contributed by atoms with van der Waals surface area (Å²) in [6.07, 6.45) is 4.70. The van der Waals surface area contributed by atoms with Crippen LogP contribution in [0, 0.1) is 5.92 Å². The zero-order valence-corrected chi connectivity index (χ0v) is 9.25. The first-order chi connectivity index (χ1) is 6.15. The third-order valence-corrected chi connectivity index (χ3v) is 2.90. The molecule has 0 aliphatic carbocycles. The van der Waals surface area contributed by atoms with Gasteiger partial charge in [-0.15, -0.1) is 11.6 Å². The normalized spacial score (nSPS) is 13.6. The van der Waals surface area contributed by atoms with Crippen molar-refractivity contribution in [2.24, 2.45) is 5.92 Å². The average molecular weight is 201 g/mol. The van der Waals surface area contributed by atoms with Crippen LogP contribution in [0.3, 0.4) is 0 Å². The summed E-state index contributed by atoms with van der Waals surface area (Å²) in [5, 5.41) is 0.188. The topological polar surface area (TPSA) is 17.8 Å². The molecular weight excluding hydrogens is 184 g/mol. The number of aryl methyl sites for hydroxylation is 1. The van der Waals surface area contributed by atoms with Crippen molar-refractivity contribution in [3.63, 3.8) is 0 Å². The van der Waals surface area contributed by atoms with Crippen molar-refractivity contribution >= 4 is 11.6 Å². The van der Waals surface area contributed by atoms with Crippen LogP contribution in [0.2, 0.25) is 0 Å². The van der Waals surface area contributed by atoms with E-state index in [1.807, 2.05) is 12.4 Å². The molecule has 1 atom stereocenters. The number of rotatable bonds is 4. The fourth-order valence-electron chi connectivity index (χ4n) is 1.23. The zero-order valence-electron chi connectivity index (χ0n) is 8.50. The minimum absolute atomic E-state index is 0.188. The van der Waals surface area contributed by atoms with Crippen molar-refractivity contribution in [2.75, 3.05) is 0 Å². The summed E-state index contributed by atoms with van der Waals surface area (Å²) in [5.41, 5.74) is 0. The molecule has 0 radical (unpaired) electrons. The molecule has 0 spiro atoms. The van der Waals surface area contributed by atoms with Crippen LogP contribution in [0.15, 0.2) is 12.4 Å². The lowest BCUT2D eigenvalue weighted by Crippen LogP contribution is -2.14. The Balaban J connectivity index is 2.62. The Hall–Kier alpha value is -0.500. The predicted molar refractivity (Wildman–Crippen MR) is 56.1 cm³/mol. The van der Waals surface area contributed by atoms with Gasteiger partial charge in [0.15, 0.2) is 0 Å². The maximum atomic E-state index is 6.18. The first kappa shape index (κ1) is 10.6. The summed E-state index contributed by atoms with van der Waals surface area (Å²) in [4.78, 5) is 4.29. The lowest BCUT2D eigenvalue weighted by molar-refractivity contribution is 0.566. The second kappa shape index (κ2) is 4.66. The first-order valence-electron chi connectivity index (χ1n) is 4.79. The van der Waals surface area contributed by atoms with Crippen molar-refractivity contribution < 1.29 is 0 Å². The van der Waals surface area contributed by atoms with E-state index in [2.05, 4.69) is 30.3 Å². The number of alkyl halides is 1. The Kier molecular flexibility index (Phi) is 3.79. The van der Waals surface area contributed by atoms with E-state index in [0.29, 0.717) is 5.92 Å². The molecule has 1 unspecified atom stereocenters. The Morgan fingerprint density at radius 2 is 2.23 bits per heavy atom. The van der Waals surface area contributed by atoms with Gasteiger partial charge in [0.25, 0.3) is 0 Å². The highest BCUT2D eigenvalue weighted by Gasteiger charge is 2.13. The Morgan fingerprint density at radius 1 is 1.54 bits per heavy atom.